The van der Waals surface area contributed by atoms with Crippen molar-refractivity contribution in [1.82, 2.24) is 9.80 Å². The van der Waals surface area contributed by atoms with E-state index in [9.17, 15) is 9.59 Å². The van der Waals surface area contributed by atoms with E-state index < -0.39 is 5.97 Å². The molecule has 1 fully saturated rings. The largest absolute Gasteiger partial charge is 0.480 e. The van der Waals surface area contributed by atoms with Gasteiger partial charge in [0.15, 0.2) is 0 Å². The summed E-state index contributed by atoms with van der Waals surface area (Å²) in [4.78, 5) is 25.4. The number of urea groups is 1. The third-order valence-electron chi connectivity index (χ3n) is 2.39. The number of thioether (sulfide) groups is 1. The summed E-state index contributed by atoms with van der Waals surface area (Å²) in [5, 5.41) is 9.44. The van der Waals surface area contributed by atoms with Crippen molar-refractivity contribution >= 4 is 23.8 Å². The van der Waals surface area contributed by atoms with Gasteiger partial charge in [-0.3, -0.25) is 4.79 Å². The predicted molar refractivity (Wildman–Crippen MR) is 63.7 cm³/mol. The van der Waals surface area contributed by atoms with Gasteiger partial charge in [0, 0.05) is 30.6 Å². The number of amides is 2. The fourth-order valence-corrected chi connectivity index (χ4v) is 3.17. The molecule has 1 heterocycles. The van der Waals surface area contributed by atoms with E-state index in [1.54, 1.807) is 4.90 Å². The van der Waals surface area contributed by atoms with E-state index in [0.717, 1.165) is 0 Å². The van der Waals surface area contributed by atoms with Crippen molar-refractivity contribution in [2.75, 3.05) is 26.7 Å². The van der Waals surface area contributed by atoms with Crippen LogP contribution < -0.4 is 0 Å². The highest BCUT2D eigenvalue weighted by molar-refractivity contribution is 8.00. The van der Waals surface area contributed by atoms with Crippen LogP contribution in [0.2, 0.25) is 0 Å². The lowest BCUT2D eigenvalue weighted by molar-refractivity contribution is -0.137. The Morgan fingerprint density at radius 2 is 1.88 bits per heavy atom. The first kappa shape index (κ1) is 13.2. The van der Waals surface area contributed by atoms with E-state index in [4.69, 9.17) is 5.11 Å². The summed E-state index contributed by atoms with van der Waals surface area (Å²) >= 11 is 1.86. The summed E-state index contributed by atoms with van der Waals surface area (Å²) in [7, 11) is 1.52. The molecule has 0 bridgehead atoms. The molecule has 0 radical (unpaired) electrons. The molecular weight excluding hydrogens is 228 g/mol. The van der Waals surface area contributed by atoms with Gasteiger partial charge >= 0.3 is 12.0 Å². The number of carbonyl (C=O) groups is 2. The number of carboxylic acid groups (broad SMARTS) is 1. The van der Waals surface area contributed by atoms with Gasteiger partial charge in [0.2, 0.25) is 0 Å². The minimum absolute atomic E-state index is 0.193. The predicted octanol–water partition coefficient (Wildman–Crippen LogP) is 0.949. The van der Waals surface area contributed by atoms with Crippen molar-refractivity contribution in [3.63, 3.8) is 0 Å². The zero-order chi connectivity index (χ0) is 12.3. The smallest absolute Gasteiger partial charge is 0.323 e. The summed E-state index contributed by atoms with van der Waals surface area (Å²) in [5.41, 5.74) is 0. The number of nitrogens with zero attached hydrogens (tertiary/aromatic N) is 2. The molecule has 1 N–H and O–H groups in total. The van der Waals surface area contributed by atoms with Gasteiger partial charge < -0.3 is 14.9 Å². The molecule has 16 heavy (non-hydrogen) atoms. The molecule has 5 nitrogen and oxygen atoms in total. The lowest BCUT2D eigenvalue weighted by atomic mass is 10.3. The van der Waals surface area contributed by atoms with Crippen molar-refractivity contribution in [2.24, 2.45) is 0 Å². The zero-order valence-electron chi connectivity index (χ0n) is 9.84. The standard InChI is InChI=1S/C10H18N2O3S/c1-7-4-12(5-8(2)16-7)10(15)11(3)6-9(13)14/h7-8H,4-6H2,1-3H3,(H,13,14). The van der Waals surface area contributed by atoms with Crippen molar-refractivity contribution < 1.29 is 14.7 Å². The van der Waals surface area contributed by atoms with Crippen LogP contribution in [0.1, 0.15) is 13.8 Å². The Hall–Kier alpha value is -0.910. The Morgan fingerprint density at radius 3 is 2.31 bits per heavy atom. The van der Waals surface area contributed by atoms with Gasteiger partial charge in [0.05, 0.1) is 0 Å². The number of hydrogen-bond acceptors (Lipinski definition) is 3. The molecule has 1 saturated heterocycles. The van der Waals surface area contributed by atoms with Gasteiger partial charge in [0.1, 0.15) is 6.54 Å². The Bertz CT molecular complexity index is 275. The first-order chi connectivity index (χ1) is 7.40. The molecule has 0 aliphatic carbocycles. The maximum atomic E-state index is 11.9. The summed E-state index contributed by atoms with van der Waals surface area (Å²) in [5.74, 6) is -0.983. The third kappa shape index (κ3) is 3.59. The van der Waals surface area contributed by atoms with E-state index in [0.29, 0.717) is 23.6 Å². The van der Waals surface area contributed by atoms with Crippen LogP contribution in [-0.4, -0.2) is 64.1 Å². The zero-order valence-corrected chi connectivity index (χ0v) is 10.7. The van der Waals surface area contributed by atoms with Gasteiger partial charge in [-0.25, -0.2) is 4.79 Å². The molecule has 2 unspecified atom stereocenters. The molecule has 2 amide bonds. The highest BCUT2D eigenvalue weighted by Crippen LogP contribution is 2.25. The number of aliphatic carboxylic acids is 1. The first-order valence-corrected chi connectivity index (χ1v) is 6.21. The molecule has 1 aliphatic heterocycles. The molecule has 0 aromatic heterocycles. The second kappa shape index (κ2) is 5.43. The molecule has 0 aromatic carbocycles. The van der Waals surface area contributed by atoms with Crippen LogP contribution in [0.3, 0.4) is 0 Å². The SMILES string of the molecule is CC1CN(C(=O)N(C)CC(=O)O)CC(C)S1. The maximum absolute atomic E-state index is 11.9. The Balaban J connectivity index is 2.55. The van der Waals surface area contributed by atoms with Crippen LogP contribution >= 0.6 is 11.8 Å². The van der Waals surface area contributed by atoms with E-state index in [2.05, 4.69) is 13.8 Å². The van der Waals surface area contributed by atoms with Gasteiger partial charge in [-0.1, -0.05) is 13.8 Å². The van der Waals surface area contributed by atoms with Crippen molar-refractivity contribution in [1.29, 1.82) is 0 Å². The fraction of sp³-hybridized carbons (Fsp3) is 0.800. The third-order valence-corrected chi connectivity index (χ3v) is 3.62. The van der Waals surface area contributed by atoms with Crippen LogP contribution in [0, 0.1) is 0 Å². The first-order valence-electron chi connectivity index (χ1n) is 5.27. The molecule has 2 atom stereocenters. The lowest BCUT2D eigenvalue weighted by Gasteiger charge is -2.36. The summed E-state index contributed by atoms with van der Waals surface area (Å²) in [6, 6.07) is -0.193. The Morgan fingerprint density at radius 1 is 1.38 bits per heavy atom. The van der Waals surface area contributed by atoms with Gasteiger partial charge in [0.25, 0.3) is 0 Å². The highest BCUT2D eigenvalue weighted by Gasteiger charge is 2.28. The molecule has 0 saturated carbocycles. The van der Waals surface area contributed by atoms with Crippen LogP contribution in [0.5, 0.6) is 0 Å². The quantitative estimate of drug-likeness (QED) is 0.788. The van der Waals surface area contributed by atoms with Gasteiger partial charge in [-0.05, 0) is 0 Å². The number of rotatable bonds is 2. The number of carbonyl (C=O) groups excluding carboxylic acids is 1. The molecule has 0 spiro atoms. The molecule has 1 aliphatic rings. The van der Waals surface area contributed by atoms with Crippen molar-refractivity contribution in [3.8, 4) is 0 Å². The molecule has 92 valence electrons. The monoisotopic (exact) mass is 246 g/mol. The van der Waals surface area contributed by atoms with E-state index in [1.165, 1.54) is 11.9 Å². The van der Waals surface area contributed by atoms with E-state index in [-0.39, 0.29) is 12.6 Å². The lowest BCUT2D eigenvalue weighted by Crippen LogP contribution is -2.50. The molecule has 0 aromatic rings. The fourth-order valence-electron chi connectivity index (χ4n) is 1.85. The second-order valence-corrected chi connectivity index (χ2v) is 6.08. The van der Waals surface area contributed by atoms with Crippen LogP contribution in [0.25, 0.3) is 0 Å². The highest BCUT2D eigenvalue weighted by atomic mass is 32.2. The van der Waals surface area contributed by atoms with Crippen molar-refractivity contribution in [3.05, 3.63) is 0 Å². The summed E-state index contributed by atoms with van der Waals surface area (Å²) in [6.07, 6.45) is 0. The van der Waals surface area contributed by atoms with Crippen LogP contribution in [-0.2, 0) is 4.79 Å². The van der Waals surface area contributed by atoms with Crippen LogP contribution in [0.15, 0.2) is 0 Å². The van der Waals surface area contributed by atoms with Gasteiger partial charge in [-0.2, -0.15) is 11.8 Å². The number of likely N-dealkylation sites (N-methyl/N-ethyl adjacent to an activating group) is 1. The number of hydrogen-bond donors (Lipinski definition) is 1. The number of carboxylic acids is 1. The minimum atomic E-state index is -0.983. The molecule has 6 heteroatoms. The van der Waals surface area contributed by atoms with Gasteiger partial charge in [-0.15, -0.1) is 0 Å². The summed E-state index contributed by atoms with van der Waals surface area (Å²) in [6.45, 7) is 5.30. The minimum Gasteiger partial charge on any atom is -0.480 e. The molecular formula is C10H18N2O3S. The Labute approximate surface area is 99.8 Å². The Kier molecular flexibility index (Phi) is 4.46. The average Bonchev–Trinajstić information content (AvgIpc) is 2.13. The summed E-state index contributed by atoms with van der Waals surface area (Å²) < 4.78 is 0. The van der Waals surface area contributed by atoms with Crippen LogP contribution in [0.4, 0.5) is 4.79 Å². The average molecular weight is 246 g/mol. The maximum Gasteiger partial charge on any atom is 0.323 e. The van der Waals surface area contributed by atoms with E-state index >= 15 is 0 Å². The normalized spacial score (nSPS) is 25.3. The van der Waals surface area contributed by atoms with E-state index in [1.807, 2.05) is 11.8 Å². The van der Waals surface area contributed by atoms with Crippen molar-refractivity contribution in [2.45, 2.75) is 24.3 Å². The second-order valence-electron chi connectivity index (χ2n) is 4.19. The molecule has 1 rings (SSSR count). The topological polar surface area (TPSA) is 60.9 Å².